The first-order chi connectivity index (χ1) is 16.3. The third kappa shape index (κ3) is 7.07. The van der Waals surface area contributed by atoms with Gasteiger partial charge in [0.05, 0.1) is 0 Å². The van der Waals surface area contributed by atoms with E-state index >= 15 is 0 Å². The molecular weight excluding hydrogens is 432 g/mol. The van der Waals surface area contributed by atoms with Gasteiger partial charge in [0, 0.05) is 6.42 Å². The van der Waals surface area contributed by atoms with E-state index in [1.54, 1.807) is 0 Å². The van der Waals surface area contributed by atoms with E-state index in [1.807, 2.05) is 86.6 Å². The molecule has 2 atom stereocenters. The van der Waals surface area contributed by atoms with Crippen LogP contribution in [0.2, 0.25) is 0 Å². The summed E-state index contributed by atoms with van der Waals surface area (Å²) < 4.78 is 5.24. The number of amides is 2. The number of carbonyl (C=O) groups is 3. The van der Waals surface area contributed by atoms with Crippen molar-refractivity contribution in [3.05, 3.63) is 83.9 Å². The van der Waals surface area contributed by atoms with Gasteiger partial charge in [0.25, 0.3) is 0 Å². The van der Waals surface area contributed by atoms with E-state index in [0.717, 1.165) is 21.9 Å². The Morgan fingerprint density at radius 2 is 1.53 bits per heavy atom. The first-order valence-electron chi connectivity index (χ1n) is 11.3. The maximum absolute atomic E-state index is 13.0. The molecule has 0 aliphatic heterocycles. The second-order valence-corrected chi connectivity index (χ2v) is 8.63. The highest BCUT2D eigenvalue weighted by atomic mass is 16.5. The van der Waals surface area contributed by atoms with Crippen LogP contribution in [0.5, 0.6) is 0 Å². The summed E-state index contributed by atoms with van der Waals surface area (Å²) >= 11 is 0. The molecule has 0 saturated heterocycles. The van der Waals surface area contributed by atoms with Crippen LogP contribution in [-0.2, 0) is 27.4 Å². The number of nitrogens with one attached hydrogen (secondary N) is 2. The molecule has 3 rings (SSSR count). The monoisotopic (exact) mass is 462 g/mol. The fraction of sp³-hybridized carbons (Fsp3) is 0.296. The Hall–Kier alpha value is -3.87. The fourth-order valence-corrected chi connectivity index (χ4v) is 3.77. The number of ether oxygens (including phenoxy) is 1. The topological polar surface area (TPSA) is 105 Å². The molecule has 0 unspecified atom stereocenters. The van der Waals surface area contributed by atoms with Gasteiger partial charge in [-0.15, -0.1) is 0 Å². The lowest BCUT2D eigenvalue weighted by Crippen LogP contribution is -2.52. The van der Waals surface area contributed by atoms with E-state index in [1.165, 1.54) is 0 Å². The number of fused-ring (bicyclic) bond motifs is 1. The van der Waals surface area contributed by atoms with Crippen molar-refractivity contribution >= 4 is 28.7 Å². The van der Waals surface area contributed by atoms with E-state index in [0.29, 0.717) is 6.42 Å². The molecule has 7 heteroatoms. The Morgan fingerprint density at radius 3 is 2.24 bits per heavy atom. The molecule has 178 valence electrons. The molecule has 0 aliphatic carbocycles. The minimum atomic E-state index is -1.14. The smallest absolute Gasteiger partial charge is 0.408 e. The summed E-state index contributed by atoms with van der Waals surface area (Å²) in [6.07, 6.45) is -0.270. The van der Waals surface area contributed by atoms with Crippen molar-refractivity contribution in [1.82, 2.24) is 10.6 Å². The molecule has 0 fully saturated rings. The summed E-state index contributed by atoms with van der Waals surface area (Å²) in [6, 6.07) is 20.5. The summed E-state index contributed by atoms with van der Waals surface area (Å²) in [5.74, 6) is -1.61. The van der Waals surface area contributed by atoms with Crippen molar-refractivity contribution in [3.8, 4) is 0 Å². The normalized spacial score (nSPS) is 12.7. The quantitative estimate of drug-likeness (QED) is 0.417. The minimum absolute atomic E-state index is 0.0710. The number of hydrogen-bond donors (Lipinski definition) is 3. The maximum atomic E-state index is 13.0. The van der Waals surface area contributed by atoms with Crippen LogP contribution in [0.1, 0.15) is 31.4 Å². The van der Waals surface area contributed by atoms with Crippen LogP contribution in [0, 0.1) is 5.92 Å². The van der Waals surface area contributed by atoms with Gasteiger partial charge < -0.3 is 20.5 Å². The van der Waals surface area contributed by atoms with Crippen molar-refractivity contribution in [2.75, 3.05) is 0 Å². The van der Waals surface area contributed by atoms with Gasteiger partial charge in [-0.2, -0.15) is 0 Å². The standard InChI is InChI=1S/C27H30N2O5/c1-18(2)15-23(29-27(33)34-17-19-9-4-3-5-10-19)25(30)28-24(26(31)32)16-21-13-8-12-20-11-6-7-14-22(20)21/h3-14,18,23-24H,15-17H2,1-2H3,(H,28,30)(H,29,33)(H,31,32)/t23-,24+/m0/s1. The Balaban J connectivity index is 1.67. The van der Waals surface area contributed by atoms with Gasteiger partial charge in [0.15, 0.2) is 0 Å². The predicted octanol–water partition coefficient (Wildman–Crippen LogP) is 4.29. The van der Waals surface area contributed by atoms with E-state index in [9.17, 15) is 19.5 Å². The van der Waals surface area contributed by atoms with Crippen molar-refractivity contribution in [2.45, 2.75) is 45.4 Å². The summed E-state index contributed by atoms with van der Waals surface area (Å²) in [6.45, 7) is 3.91. The largest absolute Gasteiger partial charge is 0.480 e. The van der Waals surface area contributed by atoms with Gasteiger partial charge >= 0.3 is 12.1 Å². The molecular formula is C27H30N2O5. The van der Waals surface area contributed by atoms with Gasteiger partial charge in [-0.1, -0.05) is 86.6 Å². The maximum Gasteiger partial charge on any atom is 0.408 e. The van der Waals surface area contributed by atoms with Gasteiger partial charge in [-0.25, -0.2) is 9.59 Å². The molecule has 0 bridgehead atoms. The molecule has 0 radical (unpaired) electrons. The van der Waals surface area contributed by atoms with Crippen molar-refractivity contribution in [2.24, 2.45) is 5.92 Å². The van der Waals surface area contributed by atoms with Gasteiger partial charge in [-0.3, -0.25) is 4.79 Å². The molecule has 3 aromatic rings. The number of aliphatic carboxylic acids is 1. The van der Waals surface area contributed by atoms with E-state index < -0.39 is 30.1 Å². The Labute approximate surface area is 199 Å². The van der Waals surface area contributed by atoms with E-state index in [4.69, 9.17) is 4.74 Å². The van der Waals surface area contributed by atoms with Crippen LogP contribution in [0.4, 0.5) is 4.79 Å². The first-order valence-corrected chi connectivity index (χ1v) is 11.3. The number of carbonyl (C=O) groups excluding carboxylic acids is 2. The molecule has 34 heavy (non-hydrogen) atoms. The molecule has 7 nitrogen and oxygen atoms in total. The molecule has 2 amide bonds. The molecule has 0 aliphatic rings. The molecule has 3 N–H and O–H groups in total. The third-order valence-corrected chi connectivity index (χ3v) is 5.45. The lowest BCUT2D eigenvalue weighted by Gasteiger charge is -2.23. The molecule has 0 aromatic heterocycles. The van der Waals surface area contributed by atoms with E-state index in [-0.39, 0.29) is 18.9 Å². The number of benzene rings is 3. The predicted molar refractivity (Wildman–Crippen MR) is 130 cm³/mol. The number of carboxylic acid groups (broad SMARTS) is 1. The summed E-state index contributed by atoms with van der Waals surface area (Å²) in [5.41, 5.74) is 1.64. The fourth-order valence-electron chi connectivity index (χ4n) is 3.77. The number of carboxylic acids is 1. The van der Waals surface area contributed by atoms with Crippen LogP contribution in [0.25, 0.3) is 10.8 Å². The average Bonchev–Trinajstić information content (AvgIpc) is 2.82. The highest BCUT2D eigenvalue weighted by Crippen LogP contribution is 2.20. The van der Waals surface area contributed by atoms with Crippen LogP contribution in [-0.4, -0.2) is 35.2 Å². The lowest BCUT2D eigenvalue weighted by atomic mass is 9.98. The van der Waals surface area contributed by atoms with Crippen LogP contribution in [0.3, 0.4) is 0 Å². The molecule has 0 heterocycles. The molecule has 0 spiro atoms. The first kappa shape index (κ1) is 24.8. The number of rotatable bonds is 10. The van der Waals surface area contributed by atoms with Crippen LogP contribution < -0.4 is 10.6 Å². The lowest BCUT2D eigenvalue weighted by molar-refractivity contribution is -0.142. The highest BCUT2D eigenvalue weighted by molar-refractivity contribution is 5.90. The minimum Gasteiger partial charge on any atom is -0.480 e. The molecule has 0 saturated carbocycles. The summed E-state index contributed by atoms with van der Waals surface area (Å²) in [7, 11) is 0. The van der Waals surface area contributed by atoms with Gasteiger partial charge in [0.2, 0.25) is 5.91 Å². The second-order valence-electron chi connectivity index (χ2n) is 8.63. The van der Waals surface area contributed by atoms with Crippen molar-refractivity contribution in [3.63, 3.8) is 0 Å². The van der Waals surface area contributed by atoms with E-state index in [2.05, 4.69) is 10.6 Å². The summed E-state index contributed by atoms with van der Waals surface area (Å²) in [4.78, 5) is 37.3. The zero-order chi connectivity index (χ0) is 24.5. The average molecular weight is 463 g/mol. The zero-order valence-electron chi connectivity index (χ0n) is 19.4. The SMILES string of the molecule is CC(C)C[C@H](NC(=O)OCc1ccccc1)C(=O)N[C@H](Cc1cccc2ccccc12)C(=O)O. The highest BCUT2D eigenvalue weighted by Gasteiger charge is 2.28. The third-order valence-electron chi connectivity index (χ3n) is 5.45. The van der Waals surface area contributed by atoms with Gasteiger partial charge in [-0.05, 0) is 34.2 Å². The second kappa shape index (κ2) is 11.8. The van der Waals surface area contributed by atoms with Crippen LogP contribution >= 0.6 is 0 Å². The van der Waals surface area contributed by atoms with Crippen molar-refractivity contribution < 1.29 is 24.2 Å². The Kier molecular flexibility index (Phi) is 8.62. The summed E-state index contributed by atoms with van der Waals surface area (Å²) in [5, 5.41) is 16.9. The Morgan fingerprint density at radius 1 is 0.853 bits per heavy atom. The van der Waals surface area contributed by atoms with Crippen molar-refractivity contribution in [1.29, 1.82) is 0 Å². The zero-order valence-corrected chi connectivity index (χ0v) is 19.4. The van der Waals surface area contributed by atoms with Crippen LogP contribution in [0.15, 0.2) is 72.8 Å². The Bertz CT molecular complexity index is 1120. The van der Waals surface area contributed by atoms with Gasteiger partial charge in [0.1, 0.15) is 18.7 Å². The number of alkyl carbamates (subject to hydrolysis) is 1. The number of hydrogen-bond acceptors (Lipinski definition) is 4. The molecule has 3 aromatic carbocycles.